The fraction of sp³-hybridized carbons (Fsp3) is 0.121. The maximum absolute atomic E-state index is 13.4. The molecule has 1 fully saturated rings. The number of halogens is 1. The van der Waals surface area contributed by atoms with E-state index in [1.807, 2.05) is 37.3 Å². The van der Waals surface area contributed by atoms with Crippen LogP contribution in [-0.4, -0.2) is 24.5 Å². The Morgan fingerprint density at radius 2 is 1.68 bits per heavy atom. The first-order valence-electron chi connectivity index (χ1n) is 13.1. The molecule has 0 saturated carbocycles. The minimum absolute atomic E-state index is 0.198. The third-order valence-corrected chi connectivity index (χ3v) is 6.82. The second-order valence-corrected chi connectivity index (χ2v) is 9.73. The SMILES string of the molecule is C=CCc1cc(/C=C2\C(=O)NC(=O)N(c3ccc(Cl)cc3)C2=O)cc(OCC)c1OCc1cccc2ccccc12. The van der Waals surface area contributed by atoms with Crippen molar-refractivity contribution in [3.63, 3.8) is 0 Å². The van der Waals surface area contributed by atoms with E-state index in [-0.39, 0.29) is 11.3 Å². The molecule has 1 N–H and O–H groups in total. The number of carbonyl (C=O) groups is 3. The molecular formula is C33H27ClN2O5. The highest BCUT2D eigenvalue weighted by atomic mass is 35.5. The number of amides is 4. The third-order valence-electron chi connectivity index (χ3n) is 6.57. The summed E-state index contributed by atoms with van der Waals surface area (Å²) < 4.78 is 12.3. The zero-order valence-electron chi connectivity index (χ0n) is 22.4. The first-order valence-corrected chi connectivity index (χ1v) is 13.4. The van der Waals surface area contributed by atoms with Gasteiger partial charge in [0.2, 0.25) is 0 Å². The van der Waals surface area contributed by atoms with Gasteiger partial charge in [-0.1, -0.05) is 60.1 Å². The second kappa shape index (κ2) is 12.1. The molecule has 7 nitrogen and oxygen atoms in total. The number of hydrogen-bond donors (Lipinski definition) is 1. The van der Waals surface area contributed by atoms with Gasteiger partial charge in [-0.15, -0.1) is 6.58 Å². The maximum atomic E-state index is 13.4. The predicted octanol–water partition coefficient (Wildman–Crippen LogP) is 6.87. The molecule has 0 unspecified atom stereocenters. The molecule has 206 valence electrons. The van der Waals surface area contributed by atoms with Crippen molar-refractivity contribution >= 4 is 52.0 Å². The van der Waals surface area contributed by atoms with Gasteiger partial charge >= 0.3 is 6.03 Å². The summed E-state index contributed by atoms with van der Waals surface area (Å²) in [7, 11) is 0. The highest BCUT2D eigenvalue weighted by Gasteiger charge is 2.37. The van der Waals surface area contributed by atoms with Crippen molar-refractivity contribution < 1.29 is 23.9 Å². The maximum Gasteiger partial charge on any atom is 0.335 e. The van der Waals surface area contributed by atoms with Crippen LogP contribution in [0.4, 0.5) is 10.5 Å². The van der Waals surface area contributed by atoms with Crippen LogP contribution in [0, 0.1) is 0 Å². The summed E-state index contributed by atoms with van der Waals surface area (Å²) in [5, 5.41) is 4.91. The Hall–Kier alpha value is -4.88. The van der Waals surface area contributed by atoms with E-state index in [4.69, 9.17) is 21.1 Å². The number of ether oxygens (including phenoxy) is 2. The van der Waals surface area contributed by atoms with Gasteiger partial charge < -0.3 is 9.47 Å². The molecule has 5 rings (SSSR count). The Labute approximate surface area is 242 Å². The molecule has 0 spiro atoms. The topological polar surface area (TPSA) is 84.9 Å². The molecule has 0 atom stereocenters. The quantitative estimate of drug-likeness (QED) is 0.136. The predicted molar refractivity (Wildman–Crippen MR) is 160 cm³/mol. The number of anilines is 1. The van der Waals surface area contributed by atoms with Crippen LogP contribution in [0.1, 0.15) is 23.6 Å². The van der Waals surface area contributed by atoms with Crippen LogP contribution in [-0.2, 0) is 22.6 Å². The Bertz CT molecular complexity index is 1690. The smallest absolute Gasteiger partial charge is 0.335 e. The van der Waals surface area contributed by atoms with Crippen LogP contribution >= 0.6 is 11.6 Å². The highest BCUT2D eigenvalue weighted by molar-refractivity contribution is 6.39. The number of allylic oxidation sites excluding steroid dienone is 1. The van der Waals surface area contributed by atoms with E-state index in [1.165, 1.54) is 18.2 Å². The summed E-state index contributed by atoms with van der Waals surface area (Å²) in [6, 6.07) is 23.1. The number of rotatable bonds is 9. The van der Waals surface area contributed by atoms with E-state index >= 15 is 0 Å². The lowest BCUT2D eigenvalue weighted by molar-refractivity contribution is -0.122. The molecule has 1 heterocycles. The fourth-order valence-electron chi connectivity index (χ4n) is 4.72. The van der Waals surface area contributed by atoms with Crippen LogP contribution in [0.25, 0.3) is 16.8 Å². The number of urea groups is 1. The number of hydrogen-bond acceptors (Lipinski definition) is 5. The number of carbonyl (C=O) groups excluding carboxylic acids is 3. The molecule has 4 aromatic rings. The molecule has 0 aliphatic carbocycles. The van der Waals surface area contributed by atoms with Crippen molar-refractivity contribution in [3.05, 3.63) is 119 Å². The summed E-state index contributed by atoms with van der Waals surface area (Å²) in [5.41, 5.74) is 2.42. The summed E-state index contributed by atoms with van der Waals surface area (Å²) in [6.45, 7) is 6.42. The largest absolute Gasteiger partial charge is 0.490 e. The minimum atomic E-state index is -0.834. The molecule has 1 saturated heterocycles. The van der Waals surface area contributed by atoms with Gasteiger partial charge in [0.05, 0.1) is 12.3 Å². The molecule has 4 aromatic carbocycles. The van der Waals surface area contributed by atoms with Crippen molar-refractivity contribution in [2.24, 2.45) is 0 Å². The molecule has 0 bridgehead atoms. The van der Waals surface area contributed by atoms with Gasteiger partial charge in [0.25, 0.3) is 11.8 Å². The normalized spacial score (nSPS) is 14.3. The summed E-state index contributed by atoms with van der Waals surface area (Å²) in [4.78, 5) is 39.6. The number of barbiturate groups is 1. The molecule has 0 aromatic heterocycles. The van der Waals surface area contributed by atoms with Crippen molar-refractivity contribution in [1.29, 1.82) is 0 Å². The molecule has 1 aliphatic rings. The Morgan fingerprint density at radius 1 is 0.927 bits per heavy atom. The summed E-state index contributed by atoms with van der Waals surface area (Å²) >= 11 is 5.96. The number of fused-ring (bicyclic) bond motifs is 1. The van der Waals surface area contributed by atoms with E-state index in [2.05, 4.69) is 30.1 Å². The first-order chi connectivity index (χ1) is 19.9. The molecule has 0 radical (unpaired) electrons. The van der Waals surface area contributed by atoms with E-state index in [0.717, 1.165) is 26.8 Å². The van der Waals surface area contributed by atoms with E-state index in [9.17, 15) is 14.4 Å². The van der Waals surface area contributed by atoms with Crippen LogP contribution in [0.2, 0.25) is 5.02 Å². The average molecular weight is 567 g/mol. The zero-order chi connectivity index (χ0) is 28.9. The van der Waals surface area contributed by atoms with Gasteiger partial charge in [-0.2, -0.15) is 0 Å². The first kappa shape index (κ1) is 27.7. The lowest BCUT2D eigenvalue weighted by Gasteiger charge is -2.26. The van der Waals surface area contributed by atoms with Crippen molar-refractivity contribution in [2.75, 3.05) is 11.5 Å². The number of benzene rings is 4. The fourth-order valence-corrected chi connectivity index (χ4v) is 4.84. The molecule has 1 aliphatic heterocycles. The van der Waals surface area contributed by atoms with Crippen molar-refractivity contribution in [3.8, 4) is 11.5 Å². The summed E-state index contributed by atoms with van der Waals surface area (Å²) in [6.07, 6.45) is 3.64. The lowest BCUT2D eigenvalue weighted by atomic mass is 10.0. The summed E-state index contributed by atoms with van der Waals surface area (Å²) in [5.74, 6) is -0.516. The monoisotopic (exact) mass is 566 g/mol. The Balaban J connectivity index is 1.51. The molecule has 8 heteroatoms. The number of nitrogens with zero attached hydrogens (tertiary/aromatic N) is 1. The third kappa shape index (κ3) is 5.85. The van der Waals surface area contributed by atoms with Gasteiger partial charge in [0, 0.05) is 10.6 Å². The van der Waals surface area contributed by atoms with Gasteiger partial charge in [0.1, 0.15) is 12.2 Å². The van der Waals surface area contributed by atoms with E-state index < -0.39 is 17.8 Å². The van der Waals surface area contributed by atoms with Crippen LogP contribution in [0.5, 0.6) is 11.5 Å². The van der Waals surface area contributed by atoms with Gasteiger partial charge in [-0.25, -0.2) is 9.69 Å². The van der Waals surface area contributed by atoms with Crippen molar-refractivity contribution in [1.82, 2.24) is 5.32 Å². The molecule has 4 amide bonds. The zero-order valence-corrected chi connectivity index (χ0v) is 23.1. The van der Waals surface area contributed by atoms with Crippen molar-refractivity contribution in [2.45, 2.75) is 20.0 Å². The van der Waals surface area contributed by atoms with Gasteiger partial charge in [0.15, 0.2) is 11.5 Å². The molecule has 41 heavy (non-hydrogen) atoms. The van der Waals surface area contributed by atoms with Crippen LogP contribution < -0.4 is 19.7 Å². The van der Waals surface area contributed by atoms with E-state index in [0.29, 0.717) is 41.7 Å². The number of imide groups is 2. The lowest BCUT2D eigenvalue weighted by Crippen LogP contribution is -2.54. The Morgan fingerprint density at radius 3 is 2.44 bits per heavy atom. The van der Waals surface area contributed by atoms with Gasteiger partial charge in [-0.05, 0) is 77.7 Å². The number of nitrogens with one attached hydrogen (secondary N) is 1. The van der Waals surface area contributed by atoms with E-state index in [1.54, 1.807) is 24.3 Å². The second-order valence-electron chi connectivity index (χ2n) is 9.29. The highest BCUT2D eigenvalue weighted by Crippen LogP contribution is 2.36. The van der Waals surface area contributed by atoms with Crippen LogP contribution in [0.15, 0.2) is 97.1 Å². The Kier molecular flexibility index (Phi) is 8.17. The van der Waals surface area contributed by atoms with Crippen LogP contribution in [0.3, 0.4) is 0 Å². The van der Waals surface area contributed by atoms with Gasteiger partial charge in [-0.3, -0.25) is 14.9 Å². The minimum Gasteiger partial charge on any atom is -0.490 e. The average Bonchev–Trinajstić information content (AvgIpc) is 2.96. The molecular weight excluding hydrogens is 540 g/mol. The standard InChI is InChI=1S/C33H27ClN2O5/c1-3-8-23-17-21(18-28-31(37)35-33(39)36(32(28)38)26-15-13-25(34)14-16-26)19-29(40-4-2)30(23)41-20-24-11-7-10-22-9-5-6-12-27(22)24/h3,5-7,9-19H,1,4,8,20H2,2H3,(H,35,37,39)/b28-18+.